The molecule has 0 fully saturated rings. The lowest BCUT2D eigenvalue weighted by atomic mass is 9.98. The van der Waals surface area contributed by atoms with E-state index in [0.29, 0.717) is 12.1 Å². The van der Waals surface area contributed by atoms with Crippen LogP contribution in [0.15, 0.2) is 12.5 Å². The molecule has 0 saturated carbocycles. The third kappa shape index (κ3) is 6.39. The second kappa shape index (κ2) is 10.0. The molecule has 140 valence electrons. The van der Waals surface area contributed by atoms with Crippen molar-refractivity contribution in [2.45, 2.75) is 44.8 Å². The summed E-state index contributed by atoms with van der Waals surface area (Å²) >= 11 is 3.91. The predicted molar refractivity (Wildman–Crippen MR) is 95.1 cm³/mol. The van der Waals surface area contributed by atoms with Gasteiger partial charge in [0.1, 0.15) is 12.1 Å². The van der Waals surface area contributed by atoms with Crippen molar-refractivity contribution in [3.63, 3.8) is 0 Å². The molecule has 0 aromatic carbocycles. The number of hydrogen-bond donors (Lipinski definition) is 6. The second-order valence-corrected chi connectivity index (χ2v) is 6.18. The quantitative estimate of drug-likeness (QED) is 0.300. The summed E-state index contributed by atoms with van der Waals surface area (Å²) in [5, 5.41) is 14.0. The van der Waals surface area contributed by atoms with Crippen molar-refractivity contribution < 1.29 is 19.5 Å². The average Bonchev–Trinajstić information content (AvgIpc) is 3.09. The fraction of sp³-hybridized carbons (Fsp3) is 0.600. The number of nitrogens with zero attached hydrogens (tertiary/aromatic N) is 1. The summed E-state index contributed by atoms with van der Waals surface area (Å²) < 4.78 is 0. The van der Waals surface area contributed by atoms with Crippen LogP contribution in [-0.2, 0) is 20.8 Å². The fourth-order valence-electron chi connectivity index (χ4n) is 2.06. The number of carboxylic acid groups (broad SMARTS) is 1. The minimum absolute atomic E-state index is 0.0571. The number of carboxylic acids is 1. The smallest absolute Gasteiger partial charge is 0.327 e. The van der Waals surface area contributed by atoms with E-state index in [9.17, 15) is 14.4 Å². The van der Waals surface area contributed by atoms with Gasteiger partial charge in [-0.25, -0.2) is 9.78 Å². The SMILES string of the molecule is CC[C@H](C)[C@H](N)C(=O)N[C@@H](Cc1c[nH]cn1)C(=O)N[C@@H](CS)C(=O)O. The number of hydrogen-bond acceptors (Lipinski definition) is 6. The molecule has 1 aromatic heterocycles. The molecule has 1 aromatic rings. The lowest BCUT2D eigenvalue weighted by Crippen LogP contribution is -2.56. The third-order valence-electron chi connectivity index (χ3n) is 3.96. The first-order valence-electron chi connectivity index (χ1n) is 7.97. The Labute approximate surface area is 151 Å². The number of nitrogens with two attached hydrogens (primary N) is 1. The lowest BCUT2D eigenvalue weighted by Gasteiger charge is -2.23. The van der Waals surface area contributed by atoms with Gasteiger partial charge in [-0.2, -0.15) is 12.6 Å². The van der Waals surface area contributed by atoms with Crippen molar-refractivity contribution in [3.8, 4) is 0 Å². The summed E-state index contributed by atoms with van der Waals surface area (Å²) in [6, 6.07) is -2.91. The summed E-state index contributed by atoms with van der Waals surface area (Å²) in [4.78, 5) is 42.6. The van der Waals surface area contributed by atoms with Crippen LogP contribution in [-0.4, -0.2) is 56.7 Å². The highest BCUT2D eigenvalue weighted by Gasteiger charge is 2.29. The number of aromatic amines is 1. The predicted octanol–water partition coefficient (Wildman–Crippen LogP) is -0.690. The molecule has 2 amide bonds. The first-order chi connectivity index (χ1) is 11.8. The first-order valence-corrected chi connectivity index (χ1v) is 8.61. The largest absolute Gasteiger partial charge is 0.480 e. The number of rotatable bonds is 10. The van der Waals surface area contributed by atoms with E-state index in [0.717, 1.165) is 0 Å². The van der Waals surface area contributed by atoms with Gasteiger partial charge in [-0.15, -0.1) is 0 Å². The van der Waals surface area contributed by atoms with E-state index in [2.05, 4.69) is 33.2 Å². The van der Waals surface area contributed by atoms with Crippen LogP contribution in [0.4, 0.5) is 0 Å². The van der Waals surface area contributed by atoms with E-state index in [-0.39, 0.29) is 18.1 Å². The minimum atomic E-state index is -1.20. The van der Waals surface area contributed by atoms with Crippen molar-refractivity contribution in [2.75, 3.05) is 5.75 Å². The van der Waals surface area contributed by atoms with Crippen molar-refractivity contribution in [1.82, 2.24) is 20.6 Å². The molecule has 0 saturated heterocycles. The van der Waals surface area contributed by atoms with Crippen LogP contribution in [0.5, 0.6) is 0 Å². The van der Waals surface area contributed by atoms with Crippen LogP contribution in [0.3, 0.4) is 0 Å². The number of thiol groups is 1. The van der Waals surface area contributed by atoms with Gasteiger partial charge in [-0.1, -0.05) is 20.3 Å². The number of imidazole rings is 1. The van der Waals surface area contributed by atoms with Gasteiger partial charge in [0, 0.05) is 18.4 Å². The van der Waals surface area contributed by atoms with Gasteiger partial charge in [0.25, 0.3) is 0 Å². The zero-order valence-electron chi connectivity index (χ0n) is 14.2. The average molecular weight is 371 g/mol. The number of carbonyl (C=O) groups excluding carboxylic acids is 2. The van der Waals surface area contributed by atoms with E-state index in [1.807, 2.05) is 13.8 Å². The van der Waals surface area contributed by atoms with E-state index in [4.69, 9.17) is 10.8 Å². The summed E-state index contributed by atoms with van der Waals surface area (Å²) in [5.41, 5.74) is 6.45. The van der Waals surface area contributed by atoms with Crippen molar-refractivity contribution in [2.24, 2.45) is 11.7 Å². The van der Waals surface area contributed by atoms with Crippen molar-refractivity contribution in [1.29, 1.82) is 0 Å². The molecule has 0 spiro atoms. The van der Waals surface area contributed by atoms with Gasteiger partial charge in [0.15, 0.2) is 0 Å². The number of amides is 2. The van der Waals surface area contributed by atoms with E-state index in [1.54, 1.807) is 6.20 Å². The number of aromatic nitrogens is 2. The monoisotopic (exact) mass is 371 g/mol. The zero-order valence-corrected chi connectivity index (χ0v) is 15.1. The fourth-order valence-corrected chi connectivity index (χ4v) is 2.31. The molecule has 6 N–H and O–H groups in total. The maximum Gasteiger partial charge on any atom is 0.327 e. The Morgan fingerprint density at radius 2 is 1.96 bits per heavy atom. The van der Waals surface area contributed by atoms with Gasteiger partial charge in [-0.3, -0.25) is 9.59 Å². The Morgan fingerprint density at radius 3 is 2.44 bits per heavy atom. The van der Waals surface area contributed by atoms with Crippen LogP contribution in [0.2, 0.25) is 0 Å². The second-order valence-electron chi connectivity index (χ2n) is 5.82. The highest BCUT2D eigenvalue weighted by Crippen LogP contribution is 2.07. The molecular formula is C15H25N5O4S. The summed E-state index contributed by atoms with van der Waals surface area (Å²) in [5.74, 6) is -2.43. The number of H-pyrrole nitrogens is 1. The zero-order chi connectivity index (χ0) is 19.0. The number of aliphatic carboxylic acids is 1. The number of carbonyl (C=O) groups is 3. The molecule has 4 atom stereocenters. The van der Waals surface area contributed by atoms with Crippen molar-refractivity contribution >= 4 is 30.4 Å². The maximum atomic E-state index is 12.4. The van der Waals surface area contributed by atoms with E-state index in [1.165, 1.54) is 6.33 Å². The van der Waals surface area contributed by atoms with Crippen LogP contribution < -0.4 is 16.4 Å². The molecule has 0 aliphatic carbocycles. The Hall–Kier alpha value is -2.07. The van der Waals surface area contributed by atoms with Crippen LogP contribution in [0.1, 0.15) is 26.0 Å². The Kier molecular flexibility index (Phi) is 8.42. The highest BCUT2D eigenvalue weighted by molar-refractivity contribution is 7.80. The molecule has 0 unspecified atom stereocenters. The van der Waals surface area contributed by atoms with Gasteiger partial charge >= 0.3 is 5.97 Å². The van der Waals surface area contributed by atoms with Gasteiger partial charge in [0.2, 0.25) is 11.8 Å². The van der Waals surface area contributed by atoms with Gasteiger partial charge < -0.3 is 26.5 Å². The molecule has 10 heteroatoms. The topological polar surface area (TPSA) is 150 Å². The Bertz CT molecular complexity index is 580. The highest BCUT2D eigenvalue weighted by atomic mass is 32.1. The van der Waals surface area contributed by atoms with Crippen molar-refractivity contribution in [3.05, 3.63) is 18.2 Å². The van der Waals surface area contributed by atoms with Crippen LogP contribution in [0, 0.1) is 5.92 Å². The third-order valence-corrected chi connectivity index (χ3v) is 4.32. The molecule has 1 rings (SSSR count). The number of nitrogens with one attached hydrogen (secondary N) is 3. The molecule has 9 nitrogen and oxygen atoms in total. The van der Waals surface area contributed by atoms with Gasteiger partial charge in [0.05, 0.1) is 18.1 Å². The summed E-state index contributed by atoms with van der Waals surface area (Å²) in [6.45, 7) is 3.75. The molecule has 0 aliphatic rings. The van der Waals surface area contributed by atoms with E-state index < -0.39 is 35.9 Å². The van der Waals surface area contributed by atoms with Crippen LogP contribution >= 0.6 is 12.6 Å². The Balaban J connectivity index is 2.86. The normalized spacial score (nSPS) is 15.7. The summed E-state index contributed by atoms with van der Waals surface area (Å²) in [6.07, 6.45) is 3.86. The molecular weight excluding hydrogens is 346 g/mol. The van der Waals surface area contributed by atoms with Gasteiger partial charge in [-0.05, 0) is 5.92 Å². The molecule has 1 heterocycles. The van der Waals surface area contributed by atoms with E-state index >= 15 is 0 Å². The molecule has 0 aliphatic heterocycles. The Morgan fingerprint density at radius 1 is 1.32 bits per heavy atom. The molecule has 0 bridgehead atoms. The lowest BCUT2D eigenvalue weighted by molar-refractivity contribution is -0.141. The standard InChI is InChI=1S/C15H25N5O4S/c1-3-8(2)12(16)14(22)19-10(4-9-5-17-7-18-9)13(21)20-11(6-25)15(23)24/h5,7-8,10-12,25H,3-4,6,16H2,1-2H3,(H,17,18)(H,19,22)(H,20,21)(H,23,24)/t8-,10-,11-,12-/m0/s1. The first kappa shape index (κ1) is 21.0. The molecule has 25 heavy (non-hydrogen) atoms. The maximum absolute atomic E-state index is 12.4. The summed E-state index contributed by atoms with van der Waals surface area (Å²) in [7, 11) is 0. The minimum Gasteiger partial charge on any atom is -0.480 e. The molecule has 0 radical (unpaired) electrons. The van der Waals surface area contributed by atoms with Crippen LogP contribution in [0.25, 0.3) is 0 Å².